The van der Waals surface area contributed by atoms with Crippen molar-refractivity contribution in [3.8, 4) is 22.3 Å². The number of fused-ring (bicyclic) bond motifs is 6. The Morgan fingerprint density at radius 3 is 0.935 bits per heavy atom. The molecule has 7 rings (SSSR count). The second-order valence-electron chi connectivity index (χ2n) is 8.95. The summed E-state index contributed by atoms with van der Waals surface area (Å²) in [6.07, 6.45) is 0. The van der Waals surface area contributed by atoms with E-state index in [0.717, 1.165) is 0 Å². The molecular weight excluding hydrogens is 498 g/mol. The quantitative estimate of drug-likeness (QED) is 0.248. The van der Waals surface area contributed by atoms with Gasteiger partial charge in [0.2, 0.25) is 0 Å². The third-order valence-corrected chi connectivity index (χ3v) is 20.4. The van der Waals surface area contributed by atoms with Crippen molar-refractivity contribution in [1.82, 2.24) is 0 Å². The summed E-state index contributed by atoms with van der Waals surface area (Å²) >= 11 is -2.55. The molecule has 0 amide bonds. The number of rotatable bonds is 2. The van der Waals surface area contributed by atoms with E-state index in [4.69, 9.17) is 0 Å². The van der Waals surface area contributed by atoms with Gasteiger partial charge in [-0.1, -0.05) is 0 Å². The molecule has 154 valence electrons. The van der Waals surface area contributed by atoms with Crippen molar-refractivity contribution in [3.05, 3.63) is 119 Å². The Bertz CT molecular complexity index is 1100. The van der Waals surface area contributed by atoms with E-state index in [1.54, 1.807) is 22.3 Å². The molecule has 0 spiro atoms. The van der Waals surface area contributed by atoms with Gasteiger partial charge in [0.15, 0.2) is 0 Å². The van der Waals surface area contributed by atoms with Gasteiger partial charge >= 0.3 is 177 Å². The van der Waals surface area contributed by atoms with Crippen LogP contribution in [0.3, 0.4) is 0 Å². The first-order chi connectivity index (χ1) is 14.4. The monoisotopic (exact) mass is 520 g/mol. The van der Waals surface area contributed by atoms with E-state index >= 15 is 0 Å². The zero-order valence-corrected chi connectivity index (χ0v) is 21.2. The van der Waals surface area contributed by atoms with Gasteiger partial charge in [0, 0.05) is 0 Å². The Morgan fingerprint density at radius 2 is 0.677 bits per heavy atom. The standard InChI is InChI=1S/2C13H9.C2H4.2ClH.Zr/c2*1-3-7-12-10(5-1)9-11-6-2-4-8-13(11)12;1-2;;;/h2*1-9H;1-2H2;2*1H;. The second-order valence-corrected chi connectivity index (χ2v) is 20.3. The van der Waals surface area contributed by atoms with Crippen LogP contribution in [0.15, 0.2) is 97.1 Å². The summed E-state index contributed by atoms with van der Waals surface area (Å²) < 4.78 is 4.41. The summed E-state index contributed by atoms with van der Waals surface area (Å²) in [4.78, 5) is 0. The van der Waals surface area contributed by atoms with Crippen molar-refractivity contribution < 1.29 is 20.3 Å². The van der Waals surface area contributed by atoms with Gasteiger partial charge in [0.1, 0.15) is 0 Å². The minimum atomic E-state index is -2.55. The van der Waals surface area contributed by atoms with Crippen LogP contribution in [0.5, 0.6) is 0 Å². The first-order valence-electron chi connectivity index (χ1n) is 10.7. The van der Waals surface area contributed by atoms with Crippen molar-refractivity contribution in [2.24, 2.45) is 0 Å². The summed E-state index contributed by atoms with van der Waals surface area (Å²) in [6.45, 7) is 0. The molecular formula is C28H24Cl2Zr. The first kappa shape index (κ1) is 21.2. The number of hydrogen-bond donors (Lipinski definition) is 0. The average Bonchev–Trinajstić information content (AvgIpc) is 3.38. The summed E-state index contributed by atoms with van der Waals surface area (Å²) in [5.74, 6) is 0. The normalized spacial score (nSPS) is 16.9. The van der Waals surface area contributed by atoms with E-state index < -0.39 is 20.3 Å². The Morgan fingerprint density at radius 1 is 0.419 bits per heavy atom. The fraction of sp³-hybridized carbons (Fsp3) is 0.143. The predicted octanol–water partition coefficient (Wildman–Crippen LogP) is 8.37. The maximum absolute atomic E-state index is 2.55. The molecule has 2 aliphatic carbocycles. The van der Waals surface area contributed by atoms with Crippen LogP contribution in [0.4, 0.5) is 0 Å². The number of benzene rings is 4. The molecule has 0 atom stereocenters. The van der Waals surface area contributed by atoms with Crippen molar-refractivity contribution in [1.29, 1.82) is 0 Å². The van der Waals surface area contributed by atoms with Crippen molar-refractivity contribution in [3.63, 3.8) is 0 Å². The predicted molar refractivity (Wildman–Crippen MR) is 132 cm³/mol. The van der Waals surface area contributed by atoms with Gasteiger partial charge in [-0.05, 0) is 0 Å². The van der Waals surface area contributed by atoms with Crippen LogP contribution in [-0.4, -0.2) is 0 Å². The molecule has 0 aromatic heterocycles. The molecule has 0 radical (unpaired) electrons. The van der Waals surface area contributed by atoms with Gasteiger partial charge in [-0.2, -0.15) is 0 Å². The summed E-state index contributed by atoms with van der Waals surface area (Å²) in [6, 6.07) is 37.1. The fourth-order valence-electron chi connectivity index (χ4n) is 6.44. The Balaban J connectivity index is 0.00000102. The van der Waals surface area contributed by atoms with Gasteiger partial charge in [-0.25, -0.2) is 0 Å². The molecule has 4 aromatic rings. The Hall–Kier alpha value is -1.66. The molecule has 0 N–H and O–H groups in total. The van der Waals surface area contributed by atoms with E-state index in [1.165, 1.54) is 30.5 Å². The fourth-order valence-corrected chi connectivity index (χ4v) is 23.6. The van der Waals surface area contributed by atoms with Gasteiger partial charge in [-0.3, -0.25) is 0 Å². The number of halogens is 2. The van der Waals surface area contributed by atoms with Crippen LogP contribution in [0, 0.1) is 0 Å². The molecule has 1 saturated heterocycles. The molecule has 31 heavy (non-hydrogen) atoms. The van der Waals surface area contributed by atoms with Crippen molar-refractivity contribution >= 4 is 24.8 Å². The van der Waals surface area contributed by atoms with Crippen molar-refractivity contribution in [2.75, 3.05) is 0 Å². The van der Waals surface area contributed by atoms with Gasteiger partial charge in [0.05, 0.1) is 0 Å². The Labute approximate surface area is 200 Å². The van der Waals surface area contributed by atoms with E-state index in [0.29, 0.717) is 7.25 Å². The van der Waals surface area contributed by atoms with Crippen LogP contribution in [0.25, 0.3) is 22.3 Å². The van der Waals surface area contributed by atoms with E-state index in [2.05, 4.69) is 97.1 Å². The molecule has 1 aliphatic heterocycles. The number of hydrogen-bond acceptors (Lipinski definition) is 0. The average molecular weight is 523 g/mol. The zero-order valence-electron chi connectivity index (χ0n) is 17.1. The zero-order chi connectivity index (χ0) is 19.0. The van der Waals surface area contributed by atoms with Crippen LogP contribution < -0.4 is 0 Å². The van der Waals surface area contributed by atoms with Gasteiger partial charge < -0.3 is 0 Å². The van der Waals surface area contributed by atoms with Crippen molar-refractivity contribution in [2.45, 2.75) is 15.5 Å². The maximum atomic E-state index is 2.43. The molecule has 0 nitrogen and oxygen atoms in total. The second kappa shape index (κ2) is 7.73. The molecule has 0 unspecified atom stereocenters. The third kappa shape index (κ3) is 2.83. The van der Waals surface area contributed by atoms with Crippen LogP contribution in [-0.2, 0) is 20.3 Å². The molecule has 0 saturated carbocycles. The molecule has 1 fully saturated rings. The van der Waals surface area contributed by atoms with Gasteiger partial charge in [0.25, 0.3) is 0 Å². The van der Waals surface area contributed by atoms with Crippen LogP contribution in [0.2, 0.25) is 8.26 Å². The van der Waals surface area contributed by atoms with E-state index in [9.17, 15) is 0 Å². The van der Waals surface area contributed by atoms with Crippen LogP contribution in [0.1, 0.15) is 29.5 Å². The Kier molecular flexibility index (Phi) is 5.29. The molecule has 3 aliphatic rings. The summed E-state index contributed by atoms with van der Waals surface area (Å²) in [7, 11) is 0. The SMILES string of the molecule is Cl.Cl.c1ccc2c(c1)-c1ccccc1[CH]2[Zr]1([CH]2c3ccccc3-c3ccccc32)[CH2][CH2]1. The van der Waals surface area contributed by atoms with Gasteiger partial charge in [-0.15, -0.1) is 24.8 Å². The summed E-state index contributed by atoms with van der Waals surface area (Å²) in [5.41, 5.74) is 12.5. The molecule has 4 aromatic carbocycles. The third-order valence-electron chi connectivity index (χ3n) is 7.64. The summed E-state index contributed by atoms with van der Waals surface area (Å²) in [5, 5.41) is 0. The van der Waals surface area contributed by atoms with E-state index in [-0.39, 0.29) is 24.8 Å². The molecule has 3 heteroatoms. The molecule has 1 heterocycles. The first-order valence-corrected chi connectivity index (χ1v) is 17.1. The van der Waals surface area contributed by atoms with Crippen LogP contribution >= 0.6 is 24.8 Å². The minimum absolute atomic E-state index is 0. The van der Waals surface area contributed by atoms with E-state index in [1.807, 2.05) is 0 Å². The topological polar surface area (TPSA) is 0 Å². The molecule has 0 bridgehead atoms.